The van der Waals surface area contributed by atoms with Crippen LogP contribution in [0.2, 0.25) is 0 Å². The van der Waals surface area contributed by atoms with Crippen LogP contribution in [0.4, 0.5) is 5.82 Å². The van der Waals surface area contributed by atoms with E-state index >= 15 is 0 Å². The number of fused-ring (bicyclic) bond motifs is 1. The van der Waals surface area contributed by atoms with E-state index in [4.69, 9.17) is 10.5 Å². The lowest BCUT2D eigenvalue weighted by molar-refractivity contribution is 0.260. The first-order chi connectivity index (χ1) is 9.28. The molecule has 104 valence electrons. The Morgan fingerprint density at radius 1 is 1.37 bits per heavy atom. The van der Waals surface area contributed by atoms with E-state index in [1.807, 2.05) is 19.1 Å². The summed E-state index contributed by atoms with van der Waals surface area (Å²) in [6.07, 6.45) is 3.78. The summed E-state index contributed by atoms with van der Waals surface area (Å²) in [5, 5.41) is 0. The van der Waals surface area contributed by atoms with E-state index in [0.717, 1.165) is 30.7 Å². The second-order valence-corrected chi connectivity index (χ2v) is 5.69. The van der Waals surface area contributed by atoms with Crippen LogP contribution in [0.5, 0.6) is 5.88 Å². The van der Waals surface area contributed by atoms with Crippen LogP contribution < -0.4 is 15.4 Å². The average molecular weight is 261 g/mol. The van der Waals surface area contributed by atoms with Crippen molar-refractivity contribution in [2.24, 2.45) is 17.6 Å². The summed E-state index contributed by atoms with van der Waals surface area (Å²) in [6.45, 7) is 4.79. The number of hydrogen-bond acceptors (Lipinski definition) is 4. The average Bonchev–Trinajstić information content (AvgIpc) is 2.85. The Labute approximate surface area is 115 Å². The number of pyridine rings is 1. The fourth-order valence-corrected chi connectivity index (χ4v) is 3.51. The van der Waals surface area contributed by atoms with Crippen LogP contribution in [0.25, 0.3) is 0 Å². The lowest BCUT2D eigenvalue weighted by atomic mass is 9.78. The molecule has 0 radical (unpaired) electrons. The highest BCUT2D eigenvalue weighted by Crippen LogP contribution is 2.37. The maximum atomic E-state index is 6.27. The smallest absolute Gasteiger partial charge is 0.215 e. The van der Waals surface area contributed by atoms with Crippen LogP contribution in [0.3, 0.4) is 0 Å². The Bertz CT molecular complexity index is 437. The number of hydrogen-bond donors (Lipinski definition) is 1. The molecule has 0 aromatic carbocycles. The molecular weight excluding hydrogens is 238 g/mol. The largest absolute Gasteiger partial charge is 0.478 e. The Morgan fingerprint density at radius 3 is 3.05 bits per heavy atom. The molecule has 0 spiro atoms. The predicted molar refractivity (Wildman–Crippen MR) is 76.4 cm³/mol. The summed E-state index contributed by atoms with van der Waals surface area (Å²) in [6, 6.07) is 6.39. The minimum atomic E-state index is 0.374. The van der Waals surface area contributed by atoms with E-state index in [-0.39, 0.29) is 0 Å². The molecule has 1 aromatic heterocycles. The molecule has 0 amide bonds. The van der Waals surface area contributed by atoms with E-state index in [1.54, 1.807) is 0 Å². The molecule has 1 aliphatic heterocycles. The fraction of sp³-hybridized carbons (Fsp3) is 0.667. The SMILES string of the molecule is CCOc1cccc(N2CC3CCCC(N)C3C2)n1. The van der Waals surface area contributed by atoms with Gasteiger partial charge < -0.3 is 15.4 Å². The summed E-state index contributed by atoms with van der Waals surface area (Å²) >= 11 is 0. The standard InChI is InChI=1S/C15H23N3O/c1-2-19-15-8-4-7-14(17-15)18-9-11-5-3-6-13(16)12(11)10-18/h4,7-8,11-13H,2-3,5-6,9-10,16H2,1H3. The lowest BCUT2D eigenvalue weighted by Crippen LogP contribution is -2.38. The van der Waals surface area contributed by atoms with Crippen LogP contribution in [0.1, 0.15) is 26.2 Å². The van der Waals surface area contributed by atoms with Gasteiger partial charge in [-0.25, -0.2) is 0 Å². The number of aromatic nitrogens is 1. The van der Waals surface area contributed by atoms with Crippen molar-refractivity contribution in [2.75, 3.05) is 24.6 Å². The van der Waals surface area contributed by atoms with Gasteiger partial charge in [-0.15, -0.1) is 0 Å². The van der Waals surface area contributed by atoms with Crippen LogP contribution in [-0.2, 0) is 0 Å². The van der Waals surface area contributed by atoms with Crippen molar-refractivity contribution in [3.63, 3.8) is 0 Å². The number of nitrogens with two attached hydrogens (primary N) is 1. The highest BCUT2D eigenvalue weighted by atomic mass is 16.5. The lowest BCUT2D eigenvalue weighted by Gasteiger charge is -2.29. The van der Waals surface area contributed by atoms with Gasteiger partial charge in [0.05, 0.1) is 6.61 Å². The number of anilines is 1. The van der Waals surface area contributed by atoms with Crippen LogP contribution in [-0.4, -0.2) is 30.7 Å². The fourth-order valence-electron chi connectivity index (χ4n) is 3.51. The van der Waals surface area contributed by atoms with E-state index < -0.39 is 0 Å². The number of rotatable bonds is 3. The van der Waals surface area contributed by atoms with Crippen molar-refractivity contribution in [3.8, 4) is 5.88 Å². The first-order valence-corrected chi connectivity index (χ1v) is 7.38. The molecule has 2 fully saturated rings. The Hall–Kier alpha value is -1.29. The molecule has 2 heterocycles. The van der Waals surface area contributed by atoms with Gasteiger partial charge in [-0.3, -0.25) is 0 Å². The normalized spacial score (nSPS) is 30.2. The van der Waals surface area contributed by atoms with Gasteiger partial charge in [0.1, 0.15) is 5.82 Å². The molecule has 0 bridgehead atoms. The molecule has 1 aromatic rings. The zero-order valence-electron chi connectivity index (χ0n) is 11.6. The molecule has 4 heteroatoms. The van der Waals surface area contributed by atoms with Gasteiger partial charge in [0.15, 0.2) is 0 Å². The summed E-state index contributed by atoms with van der Waals surface area (Å²) in [5.74, 6) is 3.15. The molecule has 4 nitrogen and oxygen atoms in total. The monoisotopic (exact) mass is 261 g/mol. The molecule has 3 unspecified atom stereocenters. The second-order valence-electron chi connectivity index (χ2n) is 5.69. The quantitative estimate of drug-likeness (QED) is 0.904. The van der Waals surface area contributed by atoms with Crippen LogP contribution in [0.15, 0.2) is 18.2 Å². The van der Waals surface area contributed by atoms with E-state index in [1.165, 1.54) is 19.3 Å². The maximum absolute atomic E-state index is 6.27. The number of ether oxygens (including phenoxy) is 1. The molecular formula is C15H23N3O. The van der Waals surface area contributed by atoms with Crippen molar-refractivity contribution in [1.29, 1.82) is 0 Å². The van der Waals surface area contributed by atoms with Crippen molar-refractivity contribution in [1.82, 2.24) is 4.98 Å². The van der Waals surface area contributed by atoms with Gasteiger partial charge in [-0.2, -0.15) is 4.98 Å². The van der Waals surface area contributed by atoms with Crippen molar-refractivity contribution in [2.45, 2.75) is 32.2 Å². The highest BCUT2D eigenvalue weighted by molar-refractivity contribution is 5.42. The zero-order chi connectivity index (χ0) is 13.2. The van der Waals surface area contributed by atoms with E-state index in [9.17, 15) is 0 Å². The predicted octanol–water partition coefficient (Wildman–Crippen LogP) is 2.04. The summed E-state index contributed by atoms with van der Waals surface area (Å²) in [4.78, 5) is 6.97. The third-order valence-corrected chi connectivity index (χ3v) is 4.48. The Morgan fingerprint density at radius 2 is 2.26 bits per heavy atom. The summed E-state index contributed by atoms with van der Waals surface area (Å²) < 4.78 is 5.48. The minimum Gasteiger partial charge on any atom is -0.478 e. The third kappa shape index (κ3) is 2.54. The molecule has 1 saturated heterocycles. The Kier molecular flexibility index (Phi) is 3.60. The first-order valence-electron chi connectivity index (χ1n) is 7.38. The van der Waals surface area contributed by atoms with Crippen molar-refractivity contribution < 1.29 is 4.74 Å². The van der Waals surface area contributed by atoms with Gasteiger partial charge in [0.2, 0.25) is 5.88 Å². The van der Waals surface area contributed by atoms with Gasteiger partial charge in [-0.1, -0.05) is 12.5 Å². The molecule has 2 aliphatic rings. The zero-order valence-corrected chi connectivity index (χ0v) is 11.6. The summed E-state index contributed by atoms with van der Waals surface area (Å²) in [5.41, 5.74) is 6.27. The molecule has 1 aliphatic carbocycles. The maximum Gasteiger partial charge on any atom is 0.215 e. The summed E-state index contributed by atoms with van der Waals surface area (Å²) in [7, 11) is 0. The molecule has 1 saturated carbocycles. The molecule has 3 rings (SSSR count). The first kappa shape index (κ1) is 12.7. The molecule has 2 N–H and O–H groups in total. The second kappa shape index (κ2) is 5.37. The number of nitrogens with zero attached hydrogens (tertiary/aromatic N) is 2. The van der Waals surface area contributed by atoms with Gasteiger partial charge in [0, 0.05) is 25.2 Å². The van der Waals surface area contributed by atoms with Crippen LogP contribution >= 0.6 is 0 Å². The van der Waals surface area contributed by atoms with E-state index in [2.05, 4.69) is 16.0 Å². The Balaban J connectivity index is 1.74. The van der Waals surface area contributed by atoms with Crippen LogP contribution in [0, 0.1) is 11.8 Å². The van der Waals surface area contributed by atoms with Gasteiger partial charge >= 0.3 is 0 Å². The topological polar surface area (TPSA) is 51.4 Å². The van der Waals surface area contributed by atoms with Gasteiger partial charge in [-0.05, 0) is 37.7 Å². The molecule has 19 heavy (non-hydrogen) atoms. The van der Waals surface area contributed by atoms with E-state index in [0.29, 0.717) is 18.6 Å². The van der Waals surface area contributed by atoms with Crippen molar-refractivity contribution >= 4 is 5.82 Å². The third-order valence-electron chi connectivity index (χ3n) is 4.48. The molecule has 3 atom stereocenters. The minimum absolute atomic E-state index is 0.374. The van der Waals surface area contributed by atoms with Gasteiger partial charge in [0.25, 0.3) is 0 Å². The van der Waals surface area contributed by atoms with Crippen molar-refractivity contribution in [3.05, 3.63) is 18.2 Å². The highest BCUT2D eigenvalue weighted by Gasteiger charge is 2.39.